The molecule has 0 bridgehead atoms. The van der Waals surface area contributed by atoms with E-state index >= 15 is 0 Å². The SMILES string of the molecule is OCc1cnc(-n2ccc3c(Cl)nccc32)o1. The minimum Gasteiger partial charge on any atom is -0.426 e. The van der Waals surface area contributed by atoms with Crippen LogP contribution in [0.4, 0.5) is 0 Å². The van der Waals surface area contributed by atoms with Crippen LogP contribution in [0.3, 0.4) is 0 Å². The molecular weight excluding hydrogens is 242 g/mol. The van der Waals surface area contributed by atoms with Crippen LogP contribution in [0.1, 0.15) is 5.76 Å². The zero-order valence-corrected chi connectivity index (χ0v) is 9.42. The smallest absolute Gasteiger partial charge is 0.306 e. The van der Waals surface area contributed by atoms with Crippen LogP contribution in [0, 0.1) is 0 Å². The summed E-state index contributed by atoms with van der Waals surface area (Å²) < 4.78 is 7.12. The molecule has 0 saturated heterocycles. The van der Waals surface area contributed by atoms with E-state index in [9.17, 15) is 0 Å². The fourth-order valence-electron chi connectivity index (χ4n) is 1.68. The second kappa shape index (κ2) is 3.87. The van der Waals surface area contributed by atoms with Crippen molar-refractivity contribution >= 4 is 22.5 Å². The lowest BCUT2D eigenvalue weighted by Crippen LogP contribution is -1.91. The molecule has 0 fully saturated rings. The molecule has 5 nitrogen and oxygen atoms in total. The summed E-state index contributed by atoms with van der Waals surface area (Å²) in [6.07, 6.45) is 4.91. The summed E-state index contributed by atoms with van der Waals surface area (Å²) in [5.74, 6) is 0.419. The van der Waals surface area contributed by atoms with Crippen molar-refractivity contribution in [3.8, 4) is 6.01 Å². The number of aromatic nitrogens is 3. The highest BCUT2D eigenvalue weighted by Gasteiger charge is 2.10. The van der Waals surface area contributed by atoms with Crippen LogP contribution in [0.25, 0.3) is 16.9 Å². The van der Waals surface area contributed by atoms with Crippen LogP contribution in [-0.4, -0.2) is 19.6 Å². The first-order valence-electron chi connectivity index (χ1n) is 4.97. The highest BCUT2D eigenvalue weighted by molar-refractivity contribution is 6.34. The number of pyridine rings is 1. The number of hydrogen-bond donors (Lipinski definition) is 1. The summed E-state index contributed by atoms with van der Waals surface area (Å²) >= 11 is 5.97. The first-order chi connectivity index (χ1) is 8.29. The van der Waals surface area contributed by atoms with E-state index in [0.717, 1.165) is 10.9 Å². The Morgan fingerprint density at radius 1 is 1.35 bits per heavy atom. The molecule has 0 aliphatic heterocycles. The number of aliphatic hydroxyl groups excluding tert-OH is 1. The Bertz CT molecular complexity index is 674. The van der Waals surface area contributed by atoms with Crippen molar-refractivity contribution in [2.45, 2.75) is 6.61 Å². The van der Waals surface area contributed by atoms with Gasteiger partial charge in [-0.05, 0) is 12.1 Å². The second-order valence-corrected chi connectivity index (χ2v) is 3.85. The molecule has 0 aliphatic rings. The maximum atomic E-state index is 8.93. The van der Waals surface area contributed by atoms with Crippen LogP contribution in [0.2, 0.25) is 5.15 Å². The van der Waals surface area contributed by atoms with Crippen molar-refractivity contribution in [3.05, 3.63) is 41.6 Å². The summed E-state index contributed by atoms with van der Waals surface area (Å²) in [4.78, 5) is 8.08. The predicted octanol–water partition coefficient (Wildman–Crippen LogP) is 2.16. The van der Waals surface area contributed by atoms with Gasteiger partial charge in [-0.25, -0.2) is 9.97 Å². The number of oxazole rings is 1. The van der Waals surface area contributed by atoms with E-state index in [1.807, 2.05) is 12.1 Å². The Kier molecular flexibility index (Phi) is 2.35. The molecule has 3 heterocycles. The molecule has 3 aromatic rings. The van der Waals surface area contributed by atoms with Gasteiger partial charge < -0.3 is 9.52 Å². The number of aliphatic hydroxyl groups is 1. The van der Waals surface area contributed by atoms with Crippen LogP contribution in [0.15, 0.2) is 35.1 Å². The lowest BCUT2D eigenvalue weighted by molar-refractivity contribution is 0.246. The molecular formula is C11H8ClN3O2. The van der Waals surface area contributed by atoms with Gasteiger partial charge in [-0.2, -0.15) is 0 Å². The molecule has 0 amide bonds. The Morgan fingerprint density at radius 2 is 2.24 bits per heavy atom. The van der Waals surface area contributed by atoms with Crippen molar-refractivity contribution < 1.29 is 9.52 Å². The third-order valence-electron chi connectivity index (χ3n) is 2.47. The minimum atomic E-state index is -0.172. The second-order valence-electron chi connectivity index (χ2n) is 3.49. The van der Waals surface area contributed by atoms with Gasteiger partial charge in [0.25, 0.3) is 0 Å². The summed E-state index contributed by atoms with van der Waals surface area (Å²) in [7, 11) is 0. The Balaban J connectivity index is 2.20. The Labute approximate surface area is 101 Å². The molecule has 3 rings (SSSR count). The van der Waals surface area contributed by atoms with Crippen LogP contribution >= 0.6 is 11.6 Å². The average molecular weight is 250 g/mol. The average Bonchev–Trinajstić information content (AvgIpc) is 2.94. The van der Waals surface area contributed by atoms with E-state index in [1.165, 1.54) is 6.20 Å². The van der Waals surface area contributed by atoms with E-state index in [4.69, 9.17) is 21.1 Å². The number of fused-ring (bicyclic) bond motifs is 1. The van der Waals surface area contributed by atoms with E-state index in [-0.39, 0.29) is 6.61 Å². The molecule has 0 unspecified atom stereocenters. The van der Waals surface area contributed by atoms with Crippen LogP contribution in [0.5, 0.6) is 0 Å². The molecule has 0 radical (unpaired) electrons. The van der Waals surface area contributed by atoms with Gasteiger partial charge >= 0.3 is 6.01 Å². The van der Waals surface area contributed by atoms with Gasteiger partial charge in [0.15, 0.2) is 5.76 Å². The zero-order valence-electron chi connectivity index (χ0n) is 8.67. The zero-order chi connectivity index (χ0) is 11.8. The molecule has 86 valence electrons. The van der Waals surface area contributed by atoms with Gasteiger partial charge in [0, 0.05) is 17.8 Å². The number of halogens is 1. The molecule has 0 aliphatic carbocycles. The third kappa shape index (κ3) is 1.60. The first kappa shape index (κ1) is 10.3. The van der Waals surface area contributed by atoms with Crippen molar-refractivity contribution in [2.75, 3.05) is 0 Å². The summed E-state index contributed by atoms with van der Waals surface area (Å²) in [5, 5.41) is 10.2. The van der Waals surface area contributed by atoms with E-state index in [2.05, 4.69) is 9.97 Å². The molecule has 1 N–H and O–H groups in total. The summed E-state index contributed by atoms with van der Waals surface area (Å²) in [6, 6.07) is 4.06. The van der Waals surface area contributed by atoms with Crippen molar-refractivity contribution in [1.82, 2.24) is 14.5 Å². The van der Waals surface area contributed by atoms with Gasteiger partial charge in [0.1, 0.15) is 11.8 Å². The van der Waals surface area contributed by atoms with Gasteiger partial charge in [0.05, 0.1) is 11.7 Å². The predicted molar refractivity (Wildman–Crippen MR) is 62.1 cm³/mol. The lowest BCUT2D eigenvalue weighted by atomic mass is 10.3. The third-order valence-corrected chi connectivity index (χ3v) is 2.77. The van der Waals surface area contributed by atoms with Crippen molar-refractivity contribution in [2.24, 2.45) is 0 Å². The van der Waals surface area contributed by atoms with Crippen molar-refractivity contribution in [1.29, 1.82) is 0 Å². The maximum absolute atomic E-state index is 8.93. The van der Waals surface area contributed by atoms with Gasteiger partial charge in [-0.1, -0.05) is 11.6 Å². The van der Waals surface area contributed by atoms with Crippen LogP contribution in [-0.2, 0) is 6.61 Å². The molecule has 0 saturated carbocycles. The van der Waals surface area contributed by atoms with E-state index in [1.54, 1.807) is 17.0 Å². The fourth-order valence-corrected chi connectivity index (χ4v) is 1.90. The quantitative estimate of drug-likeness (QED) is 0.707. The van der Waals surface area contributed by atoms with Gasteiger partial charge in [0.2, 0.25) is 0 Å². The van der Waals surface area contributed by atoms with Crippen LogP contribution < -0.4 is 0 Å². The summed E-state index contributed by atoms with van der Waals surface area (Å²) in [5.41, 5.74) is 0.858. The van der Waals surface area contributed by atoms with Gasteiger partial charge in [-0.3, -0.25) is 4.57 Å². The number of hydrogen-bond acceptors (Lipinski definition) is 4. The topological polar surface area (TPSA) is 64.1 Å². The normalized spacial score (nSPS) is 11.2. The fraction of sp³-hybridized carbons (Fsp3) is 0.0909. The maximum Gasteiger partial charge on any atom is 0.306 e. The first-order valence-corrected chi connectivity index (χ1v) is 5.35. The Hall–Kier alpha value is -1.85. The number of nitrogens with zero attached hydrogens (tertiary/aromatic N) is 3. The molecule has 17 heavy (non-hydrogen) atoms. The molecule has 0 aromatic carbocycles. The standard InChI is InChI=1S/C11H8ClN3O2/c12-10-8-2-4-15(9(8)1-3-13-10)11-14-5-7(6-16)17-11/h1-5,16H,6H2. The Morgan fingerprint density at radius 3 is 3.00 bits per heavy atom. The summed E-state index contributed by atoms with van der Waals surface area (Å²) in [6.45, 7) is -0.172. The highest BCUT2D eigenvalue weighted by atomic mass is 35.5. The van der Waals surface area contributed by atoms with E-state index < -0.39 is 0 Å². The molecule has 0 atom stereocenters. The van der Waals surface area contributed by atoms with Gasteiger partial charge in [-0.15, -0.1) is 0 Å². The monoisotopic (exact) mass is 249 g/mol. The lowest BCUT2D eigenvalue weighted by Gasteiger charge is -1.99. The molecule has 3 aromatic heterocycles. The molecule has 6 heteroatoms. The number of rotatable bonds is 2. The highest BCUT2D eigenvalue weighted by Crippen LogP contribution is 2.24. The molecule has 0 spiro atoms. The minimum absolute atomic E-state index is 0.172. The van der Waals surface area contributed by atoms with E-state index in [0.29, 0.717) is 16.9 Å². The van der Waals surface area contributed by atoms with Crippen molar-refractivity contribution in [3.63, 3.8) is 0 Å². The largest absolute Gasteiger partial charge is 0.426 e.